The van der Waals surface area contributed by atoms with Crippen molar-refractivity contribution in [3.63, 3.8) is 0 Å². The molecule has 0 saturated heterocycles. The SMILES string of the molecule is Cc1ccc(C2C(=N)CC(C=CCl)C2=O)cc1[N+](=O)[O-]. The van der Waals surface area contributed by atoms with E-state index in [0.29, 0.717) is 17.5 Å². The van der Waals surface area contributed by atoms with Crippen molar-refractivity contribution < 1.29 is 9.72 Å². The molecule has 1 fully saturated rings. The van der Waals surface area contributed by atoms with Crippen molar-refractivity contribution in [2.24, 2.45) is 5.92 Å². The molecule has 20 heavy (non-hydrogen) atoms. The Morgan fingerprint density at radius 2 is 2.20 bits per heavy atom. The van der Waals surface area contributed by atoms with E-state index < -0.39 is 16.8 Å². The second kappa shape index (κ2) is 5.54. The summed E-state index contributed by atoms with van der Waals surface area (Å²) in [7, 11) is 0. The lowest BCUT2D eigenvalue weighted by molar-refractivity contribution is -0.385. The minimum atomic E-state index is -0.702. The number of carbonyl (C=O) groups excluding carboxylic acids is 1. The van der Waals surface area contributed by atoms with Crippen LogP contribution in [-0.4, -0.2) is 16.4 Å². The fraction of sp³-hybridized carbons (Fsp3) is 0.286. The molecule has 1 aliphatic carbocycles. The molecule has 5 nitrogen and oxygen atoms in total. The Morgan fingerprint density at radius 1 is 1.50 bits per heavy atom. The average molecular weight is 293 g/mol. The van der Waals surface area contributed by atoms with Crippen LogP contribution < -0.4 is 0 Å². The van der Waals surface area contributed by atoms with Gasteiger partial charge >= 0.3 is 0 Å². The Hall–Kier alpha value is -2.01. The van der Waals surface area contributed by atoms with Crippen LogP contribution >= 0.6 is 11.6 Å². The molecule has 2 atom stereocenters. The van der Waals surface area contributed by atoms with Crippen molar-refractivity contribution in [1.82, 2.24) is 0 Å². The number of hydrogen-bond donors (Lipinski definition) is 1. The van der Waals surface area contributed by atoms with Gasteiger partial charge in [0.2, 0.25) is 0 Å². The molecule has 0 aromatic heterocycles. The molecule has 6 heteroatoms. The maximum atomic E-state index is 12.3. The van der Waals surface area contributed by atoms with Crippen molar-refractivity contribution in [1.29, 1.82) is 5.41 Å². The van der Waals surface area contributed by atoms with Gasteiger partial charge in [0.1, 0.15) is 0 Å². The minimum Gasteiger partial charge on any atom is -0.309 e. The summed E-state index contributed by atoms with van der Waals surface area (Å²) in [5.74, 6) is -1.25. The van der Waals surface area contributed by atoms with Crippen LogP contribution in [0.1, 0.15) is 23.5 Å². The number of rotatable bonds is 3. The summed E-state index contributed by atoms with van der Waals surface area (Å²) in [5.41, 5.74) is 2.55. The number of nitro groups is 1. The van der Waals surface area contributed by atoms with E-state index in [0.717, 1.165) is 0 Å². The number of nitrogens with one attached hydrogen (secondary N) is 1. The van der Waals surface area contributed by atoms with Gasteiger partial charge in [0.05, 0.1) is 10.8 Å². The summed E-state index contributed by atoms with van der Waals surface area (Å²) >= 11 is 5.48. The third-order valence-corrected chi connectivity index (χ3v) is 3.65. The van der Waals surface area contributed by atoms with Crippen LogP contribution in [0.2, 0.25) is 0 Å². The predicted octanol–water partition coefficient (Wildman–Crippen LogP) is 3.35. The third-order valence-electron chi connectivity index (χ3n) is 3.51. The number of ketones is 1. The Kier molecular flexibility index (Phi) is 3.99. The molecule has 1 saturated carbocycles. The monoisotopic (exact) mass is 292 g/mol. The summed E-state index contributed by atoms with van der Waals surface area (Å²) in [5, 5.41) is 18.9. The standard InChI is InChI=1S/C14H13ClN2O3/c1-8-2-3-9(7-12(8)17(19)20)13-11(16)6-10(4-5-15)14(13)18/h2-5,7,10,13,16H,6H2,1H3. The normalized spacial score (nSPS) is 22.7. The molecule has 1 aromatic carbocycles. The first kappa shape index (κ1) is 14.4. The smallest absolute Gasteiger partial charge is 0.272 e. The molecule has 1 aliphatic rings. The second-order valence-corrected chi connectivity index (χ2v) is 5.04. The zero-order valence-corrected chi connectivity index (χ0v) is 11.6. The van der Waals surface area contributed by atoms with Gasteiger partial charge in [-0.3, -0.25) is 14.9 Å². The summed E-state index contributed by atoms with van der Waals surface area (Å²) < 4.78 is 0. The number of nitrogens with zero attached hydrogens (tertiary/aromatic N) is 1. The number of aryl methyl sites for hydroxylation is 1. The Bertz CT molecular complexity index is 625. The Balaban J connectivity index is 2.41. The fourth-order valence-electron chi connectivity index (χ4n) is 2.46. The number of hydrogen-bond acceptors (Lipinski definition) is 4. The van der Waals surface area contributed by atoms with Gasteiger partial charge in [-0.05, 0) is 18.9 Å². The van der Waals surface area contributed by atoms with Crippen LogP contribution in [0.4, 0.5) is 5.69 Å². The number of carbonyl (C=O) groups is 1. The highest BCUT2D eigenvalue weighted by Crippen LogP contribution is 2.35. The summed E-state index contributed by atoms with van der Waals surface area (Å²) in [4.78, 5) is 22.7. The van der Waals surface area contributed by atoms with Gasteiger partial charge in [0.25, 0.3) is 5.69 Å². The lowest BCUT2D eigenvalue weighted by atomic mass is 9.93. The Labute approximate surface area is 120 Å². The van der Waals surface area contributed by atoms with Crippen LogP contribution in [0.3, 0.4) is 0 Å². The molecule has 0 spiro atoms. The predicted molar refractivity (Wildman–Crippen MR) is 76.4 cm³/mol. The molecule has 1 aromatic rings. The van der Waals surface area contributed by atoms with E-state index >= 15 is 0 Å². The highest BCUT2D eigenvalue weighted by atomic mass is 35.5. The first-order chi connectivity index (χ1) is 9.45. The topological polar surface area (TPSA) is 84.1 Å². The van der Waals surface area contributed by atoms with Gasteiger partial charge in [-0.15, -0.1) is 0 Å². The van der Waals surface area contributed by atoms with Crippen molar-refractivity contribution in [2.45, 2.75) is 19.3 Å². The quantitative estimate of drug-likeness (QED) is 0.685. The highest BCUT2D eigenvalue weighted by Gasteiger charge is 2.38. The largest absolute Gasteiger partial charge is 0.309 e. The van der Waals surface area contributed by atoms with E-state index in [4.69, 9.17) is 17.0 Å². The van der Waals surface area contributed by atoms with Crippen molar-refractivity contribution >= 4 is 28.8 Å². The van der Waals surface area contributed by atoms with E-state index in [1.165, 1.54) is 11.6 Å². The lowest BCUT2D eigenvalue weighted by Gasteiger charge is -2.10. The van der Waals surface area contributed by atoms with Crippen molar-refractivity contribution in [3.8, 4) is 0 Å². The fourth-order valence-corrected chi connectivity index (χ4v) is 2.64. The third kappa shape index (κ3) is 2.49. The zero-order chi connectivity index (χ0) is 14.9. The molecule has 104 valence electrons. The molecular weight excluding hydrogens is 280 g/mol. The number of benzene rings is 1. The Morgan fingerprint density at radius 3 is 2.80 bits per heavy atom. The van der Waals surface area contributed by atoms with Gasteiger partial charge in [-0.2, -0.15) is 0 Å². The summed E-state index contributed by atoms with van der Waals surface area (Å²) in [6, 6.07) is 4.67. The van der Waals surface area contributed by atoms with Crippen LogP contribution in [0.5, 0.6) is 0 Å². The number of halogens is 1. The molecule has 2 unspecified atom stereocenters. The molecule has 0 heterocycles. The van der Waals surface area contributed by atoms with Crippen molar-refractivity contribution in [3.05, 3.63) is 51.1 Å². The molecule has 2 rings (SSSR count). The maximum Gasteiger partial charge on any atom is 0.272 e. The molecule has 0 aliphatic heterocycles. The molecule has 0 bridgehead atoms. The number of allylic oxidation sites excluding steroid dienone is 1. The zero-order valence-electron chi connectivity index (χ0n) is 10.8. The van der Waals surface area contributed by atoms with E-state index in [1.807, 2.05) is 0 Å². The average Bonchev–Trinajstić information content (AvgIpc) is 2.66. The number of Topliss-reactive ketones (excluding diaryl/α,β-unsaturated/α-hetero) is 1. The lowest BCUT2D eigenvalue weighted by Crippen LogP contribution is -2.14. The molecule has 0 radical (unpaired) electrons. The van der Waals surface area contributed by atoms with E-state index in [1.54, 1.807) is 25.1 Å². The second-order valence-electron chi connectivity index (χ2n) is 4.79. The summed E-state index contributed by atoms with van der Waals surface area (Å²) in [6.45, 7) is 1.64. The van der Waals surface area contributed by atoms with Crippen LogP contribution in [-0.2, 0) is 4.79 Å². The van der Waals surface area contributed by atoms with Gasteiger partial charge < -0.3 is 5.41 Å². The van der Waals surface area contributed by atoms with Gasteiger partial charge in [-0.1, -0.05) is 29.8 Å². The molecule has 1 N–H and O–H groups in total. The van der Waals surface area contributed by atoms with Gasteiger partial charge in [-0.25, -0.2) is 0 Å². The van der Waals surface area contributed by atoms with E-state index in [-0.39, 0.29) is 17.2 Å². The van der Waals surface area contributed by atoms with Crippen LogP contribution in [0, 0.1) is 28.4 Å². The minimum absolute atomic E-state index is 0.0283. The van der Waals surface area contributed by atoms with Gasteiger partial charge in [0, 0.05) is 28.8 Å². The summed E-state index contributed by atoms with van der Waals surface area (Å²) in [6.07, 6.45) is 1.87. The highest BCUT2D eigenvalue weighted by molar-refractivity contribution is 6.26. The molecule has 0 amide bonds. The van der Waals surface area contributed by atoms with Crippen molar-refractivity contribution in [2.75, 3.05) is 0 Å². The first-order valence-corrected chi connectivity index (χ1v) is 6.52. The first-order valence-electron chi connectivity index (χ1n) is 6.08. The van der Waals surface area contributed by atoms with Crippen LogP contribution in [0.25, 0.3) is 0 Å². The van der Waals surface area contributed by atoms with E-state index in [2.05, 4.69) is 0 Å². The van der Waals surface area contributed by atoms with E-state index in [9.17, 15) is 14.9 Å². The number of nitro benzene ring substituents is 1. The maximum absolute atomic E-state index is 12.3. The molecular formula is C14H13ClN2O3. The van der Waals surface area contributed by atoms with Gasteiger partial charge in [0.15, 0.2) is 5.78 Å². The van der Waals surface area contributed by atoms with Crippen LogP contribution in [0.15, 0.2) is 29.8 Å².